The SMILES string of the molecule is COc1cc(-c2cnc3[nH]cc(NC(=O)c4cncc(C)c4)c3c2)ccc1O. The maximum Gasteiger partial charge on any atom is 0.257 e. The summed E-state index contributed by atoms with van der Waals surface area (Å²) >= 11 is 0. The fraction of sp³-hybridized carbons (Fsp3) is 0.0952. The number of H-pyrrole nitrogens is 1. The van der Waals surface area contributed by atoms with Gasteiger partial charge in [-0.3, -0.25) is 9.78 Å². The second-order valence-corrected chi connectivity index (χ2v) is 6.41. The second-order valence-electron chi connectivity index (χ2n) is 6.41. The van der Waals surface area contributed by atoms with Crippen molar-refractivity contribution < 1.29 is 14.6 Å². The van der Waals surface area contributed by atoms with E-state index >= 15 is 0 Å². The van der Waals surface area contributed by atoms with Gasteiger partial charge < -0.3 is 20.1 Å². The van der Waals surface area contributed by atoms with E-state index in [0.29, 0.717) is 22.6 Å². The number of hydrogen-bond donors (Lipinski definition) is 3. The number of anilines is 1. The Morgan fingerprint density at radius 1 is 1.14 bits per heavy atom. The highest BCUT2D eigenvalue weighted by atomic mass is 16.5. The Bertz CT molecular complexity index is 1180. The number of aromatic hydroxyl groups is 1. The van der Waals surface area contributed by atoms with Crippen LogP contribution in [0.1, 0.15) is 15.9 Å². The van der Waals surface area contributed by atoms with Gasteiger partial charge in [-0.1, -0.05) is 6.07 Å². The number of rotatable bonds is 4. The number of phenols is 1. The Balaban J connectivity index is 1.69. The molecule has 3 heterocycles. The van der Waals surface area contributed by atoms with Crippen molar-refractivity contribution in [1.82, 2.24) is 15.0 Å². The Kier molecular flexibility index (Phi) is 4.41. The number of hydrogen-bond acceptors (Lipinski definition) is 5. The average Bonchev–Trinajstić information content (AvgIpc) is 3.10. The molecule has 4 rings (SSSR count). The Labute approximate surface area is 161 Å². The molecule has 0 spiro atoms. The summed E-state index contributed by atoms with van der Waals surface area (Å²) in [6.07, 6.45) is 6.66. The molecule has 3 aromatic heterocycles. The van der Waals surface area contributed by atoms with Crippen LogP contribution < -0.4 is 10.1 Å². The molecule has 0 fully saturated rings. The molecule has 0 aliphatic rings. The van der Waals surface area contributed by atoms with Crippen LogP contribution in [0.4, 0.5) is 5.69 Å². The van der Waals surface area contributed by atoms with E-state index in [4.69, 9.17) is 4.74 Å². The quantitative estimate of drug-likeness (QED) is 0.503. The highest BCUT2D eigenvalue weighted by Gasteiger charge is 2.13. The van der Waals surface area contributed by atoms with Crippen molar-refractivity contribution in [2.45, 2.75) is 6.92 Å². The first-order chi connectivity index (χ1) is 13.5. The number of aromatic nitrogens is 3. The molecule has 7 nitrogen and oxygen atoms in total. The lowest BCUT2D eigenvalue weighted by atomic mass is 10.1. The van der Waals surface area contributed by atoms with Crippen molar-refractivity contribution in [3.63, 3.8) is 0 Å². The van der Waals surface area contributed by atoms with E-state index < -0.39 is 0 Å². The van der Waals surface area contributed by atoms with Gasteiger partial charge in [0.15, 0.2) is 11.5 Å². The minimum Gasteiger partial charge on any atom is -0.504 e. The first kappa shape index (κ1) is 17.5. The number of carbonyl (C=O) groups is 1. The van der Waals surface area contributed by atoms with E-state index in [-0.39, 0.29) is 11.7 Å². The number of methoxy groups -OCH3 is 1. The molecule has 4 aromatic rings. The number of benzene rings is 1. The summed E-state index contributed by atoms with van der Waals surface area (Å²) in [5.74, 6) is 0.211. The van der Waals surface area contributed by atoms with Gasteiger partial charge in [0.05, 0.1) is 18.4 Å². The molecule has 28 heavy (non-hydrogen) atoms. The number of aryl methyl sites for hydroxylation is 1. The standard InChI is InChI=1S/C21H18N4O3/c1-12-5-15(9-22-8-12)21(27)25-17-11-24-20-16(17)6-14(10-23-20)13-3-4-18(26)19(7-13)28-2/h3-11,26H,1-2H3,(H,23,24)(H,25,27). The molecule has 0 saturated carbocycles. The first-order valence-electron chi connectivity index (χ1n) is 8.62. The molecule has 0 radical (unpaired) electrons. The largest absolute Gasteiger partial charge is 0.504 e. The number of amides is 1. The van der Waals surface area contributed by atoms with Crippen LogP contribution in [0.25, 0.3) is 22.2 Å². The molecule has 7 heteroatoms. The summed E-state index contributed by atoms with van der Waals surface area (Å²) in [5, 5.41) is 13.5. The Hall–Kier alpha value is -3.87. The predicted molar refractivity (Wildman–Crippen MR) is 107 cm³/mol. The van der Waals surface area contributed by atoms with Gasteiger partial charge in [0.25, 0.3) is 5.91 Å². The summed E-state index contributed by atoms with van der Waals surface area (Å²) < 4.78 is 5.18. The van der Waals surface area contributed by atoms with E-state index in [9.17, 15) is 9.90 Å². The van der Waals surface area contributed by atoms with E-state index in [2.05, 4.69) is 20.3 Å². The van der Waals surface area contributed by atoms with Crippen LogP contribution in [-0.2, 0) is 0 Å². The lowest BCUT2D eigenvalue weighted by Gasteiger charge is -2.08. The van der Waals surface area contributed by atoms with Gasteiger partial charge >= 0.3 is 0 Å². The van der Waals surface area contributed by atoms with Gasteiger partial charge in [0.2, 0.25) is 0 Å². The van der Waals surface area contributed by atoms with Crippen LogP contribution in [0.5, 0.6) is 11.5 Å². The number of nitrogens with one attached hydrogen (secondary N) is 2. The summed E-state index contributed by atoms with van der Waals surface area (Å²) in [4.78, 5) is 24.1. The average molecular weight is 374 g/mol. The number of nitrogens with zero attached hydrogens (tertiary/aromatic N) is 2. The zero-order valence-electron chi connectivity index (χ0n) is 15.4. The van der Waals surface area contributed by atoms with Crippen molar-refractivity contribution in [3.8, 4) is 22.6 Å². The molecule has 0 aliphatic heterocycles. The van der Waals surface area contributed by atoms with Gasteiger partial charge in [-0.15, -0.1) is 0 Å². The van der Waals surface area contributed by atoms with Crippen molar-refractivity contribution in [1.29, 1.82) is 0 Å². The minimum absolute atomic E-state index is 0.0710. The first-order valence-corrected chi connectivity index (χ1v) is 8.62. The molecular weight excluding hydrogens is 356 g/mol. The third-order valence-corrected chi connectivity index (χ3v) is 4.43. The number of ether oxygens (including phenoxy) is 1. The highest BCUT2D eigenvalue weighted by molar-refractivity contribution is 6.08. The number of pyridine rings is 2. The number of fused-ring (bicyclic) bond motifs is 1. The molecule has 0 unspecified atom stereocenters. The number of aromatic amines is 1. The van der Waals surface area contributed by atoms with E-state index in [1.165, 1.54) is 13.3 Å². The zero-order valence-corrected chi connectivity index (χ0v) is 15.4. The van der Waals surface area contributed by atoms with Gasteiger partial charge in [-0.2, -0.15) is 0 Å². The van der Waals surface area contributed by atoms with Crippen molar-refractivity contribution in [3.05, 3.63) is 66.2 Å². The molecule has 0 atom stereocenters. The highest BCUT2D eigenvalue weighted by Crippen LogP contribution is 2.33. The van der Waals surface area contributed by atoms with Gasteiger partial charge in [0.1, 0.15) is 5.65 Å². The summed E-state index contributed by atoms with van der Waals surface area (Å²) in [6, 6.07) is 8.80. The van der Waals surface area contributed by atoms with Gasteiger partial charge in [-0.25, -0.2) is 4.98 Å². The van der Waals surface area contributed by atoms with E-state index in [1.807, 2.05) is 13.0 Å². The number of phenolic OH excluding ortho intramolecular Hbond substituents is 1. The third kappa shape index (κ3) is 3.25. The third-order valence-electron chi connectivity index (χ3n) is 4.43. The molecule has 0 saturated heterocycles. The maximum atomic E-state index is 12.6. The second kappa shape index (κ2) is 7.03. The van der Waals surface area contributed by atoms with Crippen LogP contribution in [0.2, 0.25) is 0 Å². The number of carbonyl (C=O) groups excluding carboxylic acids is 1. The van der Waals surface area contributed by atoms with Crippen LogP contribution in [0.3, 0.4) is 0 Å². The summed E-state index contributed by atoms with van der Waals surface area (Å²) in [7, 11) is 1.50. The van der Waals surface area contributed by atoms with Crippen molar-refractivity contribution in [2.24, 2.45) is 0 Å². The lowest BCUT2D eigenvalue weighted by Crippen LogP contribution is -2.12. The Morgan fingerprint density at radius 2 is 2.00 bits per heavy atom. The fourth-order valence-corrected chi connectivity index (χ4v) is 3.00. The van der Waals surface area contributed by atoms with E-state index in [1.54, 1.807) is 42.9 Å². The maximum absolute atomic E-state index is 12.6. The van der Waals surface area contributed by atoms with Crippen molar-refractivity contribution >= 4 is 22.6 Å². The summed E-state index contributed by atoms with van der Waals surface area (Å²) in [5.41, 5.74) is 4.36. The van der Waals surface area contributed by atoms with Gasteiger partial charge in [0, 0.05) is 35.7 Å². The van der Waals surface area contributed by atoms with Crippen LogP contribution in [0.15, 0.2) is 55.1 Å². The molecular formula is C21H18N4O3. The van der Waals surface area contributed by atoms with Crippen LogP contribution in [0, 0.1) is 6.92 Å². The fourth-order valence-electron chi connectivity index (χ4n) is 3.00. The molecule has 3 N–H and O–H groups in total. The molecule has 0 bridgehead atoms. The van der Waals surface area contributed by atoms with Crippen LogP contribution >= 0.6 is 0 Å². The van der Waals surface area contributed by atoms with E-state index in [0.717, 1.165) is 22.1 Å². The molecule has 1 amide bonds. The summed E-state index contributed by atoms with van der Waals surface area (Å²) in [6.45, 7) is 1.89. The minimum atomic E-state index is -0.242. The molecule has 1 aromatic carbocycles. The van der Waals surface area contributed by atoms with Crippen molar-refractivity contribution in [2.75, 3.05) is 12.4 Å². The lowest BCUT2D eigenvalue weighted by molar-refractivity contribution is 0.102. The van der Waals surface area contributed by atoms with Gasteiger partial charge in [-0.05, 0) is 42.3 Å². The monoisotopic (exact) mass is 374 g/mol. The normalized spacial score (nSPS) is 10.8. The van der Waals surface area contributed by atoms with Crippen LogP contribution in [-0.4, -0.2) is 33.1 Å². The predicted octanol–water partition coefficient (Wildman–Crippen LogP) is 3.90. The smallest absolute Gasteiger partial charge is 0.257 e. The topological polar surface area (TPSA) is 100 Å². The molecule has 0 aliphatic carbocycles. The Morgan fingerprint density at radius 3 is 2.79 bits per heavy atom. The zero-order chi connectivity index (χ0) is 19.7. The molecule has 140 valence electrons.